The van der Waals surface area contributed by atoms with Gasteiger partial charge in [-0.25, -0.2) is 4.99 Å². The molecule has 1 amide bonds. The van der Waals surface area contributed by atoms with Crippen LogP contribution in [0.2, 0.25) is 0 Å². The van der Waals surface area contributed by atoms with Crippen LogP contribution in [0.25, 0.3) is 0 Å². The number of nitrogens with one attached hydrogen (secondary N) is 3. The average Bonchev–Trinajstić information content (AvgIpc) is 3.21. The van der Waals surface area contributed by atoms with E-state index < -0.39 is 0 Å². The Hall–Kier alpha value is -1.55. The summed E-state index contributed by atoms with van der Waals surface area (Å²) in [5, 5.41) is 9.09. The zero-order chi connectivity index (χ0) is 20.2. The van der Waals surface area contributed by atoms with E-state index in [0.29, 0.717) is 25.7 Å². The summed E-state index contributed by atoms with van der Waals surface area (Å²) in [5.74, 6) is 1.42. The van der Waals surface area contributed by atoms with Crippen molar-refractivity contribution in [3.63, 3.8) is 0 Å². The van der Waals surface area contributed by atoms with Crippen LogP contribution in [0.5, 0.6) is 5.75 Å². The largest absolute Gasteiger partial charge is 0.491 e. The van der Waals surface area contributed by atoms with Gasteiger partial charge in [0.1, 0.15) is 12.4 Å². The number of hydrogen-bond acceptors (Lipinski definition) is 4. The number of carbonyl (C=O) groups is 1. The Balaban J connectivity index is 0.00000420. The van der Waals surface area contributed by atoms with E-state index in [0.717, 1.165) is 49.3 Å². The zero-order valence-corrected chi connectivity index (χ0v) is 20.1. The van der Waals surface area contributed by atoms with Gasteiger partial charge in [0, 0.05) is 25.3 Å². The maximum absolute atomic E-state index is 11.8. The second kappa shape index (κ2) is 14.4. The smallest absolute Gasteiger partial charge is 0.239 e. The molecule has 1 aliphatic heterocycles. The van der Waals surface area contributed by atoms with E-state index in [9.17, 15) is 4.79 Å². The Morgan fingerprint density at radius 1 is 1.28 bits per heavy atom. The summed E-state index contributed by atoms with van der Waals surface area (Å²) >= 11 is 0. The van der Waals surface area contributed by atoms with Gasteiger partial charge in [0.25, 0.3) is 0 Å². The molecule has 0 bridgehead atoms. The predicted molar refractivity (Wildman–Crippen MR) is 127 cm³/mol. The van der Waals surface area contributed by atoms with Crippen LogP contribution in [0.3, 0.4) is 0 Å². The Labute approximate surface area is 191 Å². The van der Waals surface area contributed by atoms with Crippen molar-refractivity contribution < 1.29 is 14.3 Å². The molecule has 0 aliphatic carbocycles. The first-order chi connectivity index (χ1) is 13.6. The van der Waals surface area contributed by atoms with Crippen molar-refractivity contribution in [2.24, 2.45) is 4.99 Å². The van der Waals surface area contributed by atoms with Gasteiger partial charge >= 0.3 is 0 Å². The minimum Gasteiger partial charge on any atom is -0.491 e. The Bertz CT molecular complexity index is 649. The number of rotatable bonds is 10. The number of halogens is 1. The number of carbonyl (C=O) groups excluding carboxylic acids is 1. The molecule has 2 rings (SSSR count). The normalized spacial score (nSPS) is 16.1. The quantitative estimate of drug-likeness (QED) is 0.252. The summed E-state index contributed by atoms with van der Waals surface area (Å²) in [7, 11) is 0. The molecular weight excluding hydrogens is 483 g/mol. The van der Waals surface area contributed by atoms with Gasteiger partial charge in [0.15, 0.2) is 5.96 Å². The topological polar surface area (TPSA) is 84.0 Å². The lowest BCUT2D eigenvalue weighted by Crippen LogP contribution is -2.43. The minimum absolute atomic E-state index is 0. The van der Waals surface area contributed by atoms with Gasteiger partial charge in [-0.3, -0.25) is 4.79 Å². The van der Waals surface area contributed by atoms with Gasteiger partial charge in [0.2, 0.25) is 5.91 Å². The highest BCUT2D eigenvalue weighted by atomic mass is 127. The zero-order valence-electron chi connectivity index (χ0n) is 17.8. The van der Waals surface area contributed by atoms with Crippen molar-refractivity contribution in [2.75, 3.05) is 32.8 Å². The van der Waals surface area contributed by atoms with Crippen LogP contribution < -0.4 is 20.7 Å². The number of ether oxygens (including phenoxy) is 2. The molecule has 1 aromatic carbocycles. The number of aliphatic imine (C=N–C) groups is 1. The molecule has 3 N–H and O–H groups in total. The molecule has 0 spiro atoms. The van der Waals surface area contributed by atoms with Crippen LogP contribution >= 0.6 is 24.0 Å². The minimum atomic E-state index is -0.0385. The van der Waals surface area contributed by atoms with Gasteiger partial charge < -0.3 is 25.4 Å². The molecule has 29 heavy (non-hydrogen) atoms. The summed E-state index contributed by atoms with van der Waals surface area (Å²) in [6.45, 7) is 9.53. The molecule has 1 atom stereocenters. The molecule has 164 valence electrons. The van der Waals surface area contributed by atoms with Crippen LogP contribution in [0.4, 0.5) is 0 Å². The van der Waals surface area contributed by atoms with Gasteiger partial charge in [-0.05, 0) is 44.7 Å². The van der Waals surface area contributed by atoms with E-state index in [2.05, 4.69) is 27.0 Å². The van der Waals surface area contributed by atoms with Crippen molar-refractivity contribution in [1.82, 2.24) is 16.0 Å². The Kier molecular flexibility index (Phi) is 12.7. The maximum atomic E-state index is 11.8. The third-order valence-corrected chi connectivity index (χ3v) is 4.41. The van der Waals surface area contributed by atoms with Crippen LogP contribution in [-0.4, -0.2) is 50.8 Å². The molecule has 7 nitrogen and oxygen atoms in total. The van der Waals surface area contributed by atoms with Crippen molar-refractivity contribution >= 4 is 35.8 Å². The first-order valence-corrected chi connectivity index (χ1v) is 10.2. The van der Waals surface area contributed by atoms with Crippen molar-refractivity contribution in [1.29, 1.82) is 0 Å². The standard InChI is InChI=1S/C21H34N4O3.HI/c1-4-10-23-20(26)14-25-21(22-5-2)24-13-17-9-8-16(3)12-19(17)28-15-18-7-6-11-27-18;/h8-9,12,18H,4-7,10-11,13-15H2,1-3H3,(H,23,26)(H2,22,24,25);1H. The average molecular weight is 518 g/mol. The summed E-state index contributed by atoms with van der Waals surface area (Å²) in [4.78, 5) is 16.4. The summed E-state index contributed by atoms with van der Waals surface area (Å²) in [6, 6.07) is 6.14. The Morgan fingerprint density at radius 3 is 2.79 bits per heavy atom. The van der Waals surface area contributed by atoms with Gasteiger partial charge in [-0.2, -0.15) is 0 Å². The van der Waals surface area contributed by atoms with Crippen LogP contribution in [0.1, 0.15) is 44.2 Å². The SMILES string of the molecule is CCCNC(=O)CNC(=NCc1ccc(C)cc1OCC1CCCO1)NCC.I. The lowest BCUT2D eigenvalue weighted by molar-refractivity contribution is -0.120. The molecule has 0 radical (unpaired) electrons. The lowest BCUT2D eigenvalue weighted by Gasteiger charge is -2.15. The highest BCUT2D eigenvalue weighted by Gasteiger charge is 2.17. The molecule has 1 saturated heterocycles. The van der Waals surface area contributed by atoms with E-state index in [1.807, 2.05) is 32.9 Å². The molecule has 1 unspecified atom stereocenters. The second-order valence-corrected chi connectivity index (χ2v) is 6.96. The van der Waals surface area contributed by atoms with E-state index >= 15 is 0 Å². The van der Waals surface area contributed by atoms with Gasteiger partial charge in [0.05, 0.1) is 19.2 Å². The van der Waals surface area contributed by atoms with Crippen LogP contribution in [-0.2, 0) is 16.1 Å². The molecule has 0 aromatic heterocycles. The van der Waals surface area contributed by atoms with Crippen molar-refractivity contribution in [3.05, 3.63) is 29.3 Å². The number of nitrogens with zero attached hydrogens (tertiary/aromatic N) is 1. The fraction of sp³-hybridized carbons (Fsp3) is 0.619. The molecule has 1 fully saturated rings. The van der Waals surface area contributed by atoms with E-state index in [-0.39, 0.29) is 42.5 Å². The molecule has 1 aliphatic rings. The summed E-state index contributed by atoms with van der Waals surface area (Å²) in [6.07, 6.45) is 3.25. The number of guanidine groups is 1. The lowest BCUT2D eigenvalue weighted by atomic mass is 10.1. The van der Waals surface area contributed by atoms with E-state index in [4.69, 9.17) is 9.47 Å². The van der Waals surface area contributed by atoms with Crippen molar-refractivity contribution in [3.8, 4) is 5.75 Å². The predicted octanol–water partition coefficient (Wildman–Crippen LogP) is 2.75. The van der Waals surface area contributed by atoms with Gasteiger partial charge in [-0.1, -0.05) is 19.1 Å². The summed E-state index contributed by atoms with van der Waals surface area (Å²) < 4.78 is 11.7. The monoisotopic (exact) mass is 518 g/mol. The molecular formula is C21H35IN4O3. The van der Waals surface area contributed by atoms with Crippen LogP contribution in [0.15, 0.2) is 23.2 Å². The summed E-state index contributed by atoms with van der Waals surface area (Å²) in [5.41, 5.74) is 2.16. The molecule has 1 heterocycles. The first-order valence-electron chi connectivity index (χ1n) is 10.2. The van der Waals surface area contributed by atoms with E-state index in [1.54, 1.807) is 0 Å². The van der Waals surface area contributed by atoms with Crippen molar-refractivity contribution in [2.45, 2.75) is 52.7 Å². The van der Waals surface area contributed by atoms with E-state index in [1.165, 1.54) is 0 Å². The molecule has 8 heteroatoms. The Morgan fingerprint density at radius 2 is 2.10 bits per heavy atom. The number of benzene rings is 1. The fourth-order valence-corrected chi connectivity index (χ4v) is 2.88. The third kappa shape index (κ3) is 9.66. The fourth-order valence-electron chi connectivity index (χ4n) is 2.88. The number of aryl methyl sites for hydroxylation is 1. The highest BCUT2D eigenvalue weighted by Crippen LogP contribution is 2.23. The number of hydrogen-bond donors (Lipinski definition) is 3. The third-order valence-electron chi connectivity index (χ3n) is 4.41. The maximum Gasteiger partial charge on any atom is 0.239 e. The molecule has 0 saturated carbocycles. The molecule has 1 aromatic rings. The van der Waals surface area contributed by atoms with Crippen LogP contribution in [0, 0.1) is 6.92 Å². The highest BCUT2D eigenvalue weighted by molar-refractivity contribution is 14.0. The second-order valence-electron chi connectivity index (χ2n) is 6.96. The first kappa shape index (κ1) is 25.5. The number of amides is 1. The van der Waals surface area contributed by atoms with Gasteiger partial charge in [-0.15, -0.1) is 24.0 Å².